The van der Waals surface area contributed by atoms with E-state index < -0.39 is 12.3 Å². The first-order chi connectivity index (χ1) is 6.02. The molecule has 0 unspecified atom stereocenters. The number of alkyl halides is 2. The first-order valence-corrected chi connectivity index (χ1v) is 4.33. The number of carbonyl (C=O) groups excluding carboxylic acids is 1. The lowest BCUT2D eigenvalue weighted by Crippen LogP contribution is -2.14. The zero-order chi connectivity index (χ0) is 10.0. The van der Waals surface area contributed by atoms with E-state index in [4.69, 9.17) is 5.73 Å². The Labute approximate surface area is 86.5 Å². The van der Waals surface area contributed by atoms with Crippen LogP contribution in [0.15, 0.2) is 12.3 Å². The highest BCUT2D eigenvalue weighted by molar-refractivity contribution is 14.1. The van der Waals surface area contributed by atoms with Gasteiger partial charge in [0.1, 0.15) is 3.70 Å². The van der Waals surface area contributed by atoms with Gasteiger partial charge in [-0.25, -0.2) is 13.8 Å². The van der Waals surface area contributed by atoms with Crippen molar-refractivity contribution in [2.75, 3.05) is 0 Å². The molecule has 0 aliphatic heterocycles. The minimum Gasteiger partial charge on any atom is -0.366 e. The summed E-state index contributed by atoms with van der Waals surface area (Å²) < 4.78 is 25.1. The van der Waals surface area contributed by atoms with Gasteiger partial charge in [-0.1, -0.05) is 0 Å². The van der Waals surface area contributed by atoms with Crippen LogP contribution in [0.4, 0.5) is 8.78 Å². The van der Waals surface area contributed by atoms with Gasteiger partial charge in [0.15, 0.2) is 0 Å². The van der Waals surface area contributed by atoms with Crippen LogP contribution in [-0.4, -0.2) is 10.9 Å². The Bertz CT molecular complexity index is 343. The molecule has 1 amide bonds. The third-order valence-corrected chi connectivity index (χ3v) is 1.99. The van der Waals surface area contributed by atoms with Gasteiger partial charge in [0.2, 0.25) is 0 Å². The summed E-state index contributed by atoms with van der Waals surface area (Å²) in [4.78, 5) is 14.4. The molecule has 1 aromatic rings. The molecule has 1 heterocycles. The molecule has 0 spiro atoms. The average molecular weight is 298 g/mol. The van der Waals surface area contributed by atoms with E-state index in [0.717, 1.165) is 12.3 Å². The molecule has 0 radical (unpaired) electrons. The third kappa shape index (κ3) is 2.33. The van der Waals surface area contributed by atoms with Crippen molar-refractivity contribution in [2.45, 2.75) is 6.43 Å². The number of pyridine rings is 1. The van der Waals surface area contributed by atoms with E-state index in [1.165, 1.54) is 0 Å². The van der Waals surface area contributed by atoms with E-state index in [1.54, 1.807) is 22.6 Å². The maximum atomic E-state index is 12.3. The monoisotopic (exact) mass is 298 g/mol. The van der Waals surface area contributed by atoms with Gasteiger partial charge >= 0.3 is 0 Å². The number of nitrogens with zero attached hydrogens (tertiary/aromatic N) is 1. The van der Waals surface area contributed by atoms with E-state index >= 15 is 0 Å². The van der Waals surface area contributed by atoms with E-state index in [0.29, 0.717) is 3.70 Å². The number of primary amides is 1. The Balaban J connectivity index is 3.26. The van der Waals surface area contributed by atoms with Gasteiger partial charge in [-0.05, 0) is 28.7 Å². The first-order valence-electron chi connectivity index (χ1n) is 3.25. The lowest BCUT2D eigenvalue weighted by atomic mass is 10.1. The minimum atomic E-state index is -2.71. The van der Waals surface area contributed by atoms with Crippen molar-refractivity contribution in [3.05, 3.63) is 27.1 Å². The molecular formula is C7H5F2IN2O. The van der Waals surface area contributed by atoms with Crippen LogP contribution in [-0.2, 0) is 0 Å². The second-order valence-electron chi connectivity index (χ2n) is 2.26. The predicted molar refractivity (Wildman–Crippen MR) is 50.4 cm³/mol. The lowest BCUT2D eigenvalue weighted by Gasteiger charge is -2.04. The van der Waals surface area contributed by atoms with Crippen molar-refractivity contribution in [3.63, 3.8) is 0 Å². The smallest absolute Gasteiger partial charge is 0.264 e. The number of amides is 1. The average Bonchev–Trinajstić information content (AvgIpc) is 2.03. The van der Waals surface area contributed by atoms with Crippen molar-refractivity contribution in [3.8, 4) is 0 Å². The number of halogens is 3. The zero-order valence-corrected chi connectivity index (χ0v) is 8.46. The summed E-state index contributed by atoms with van der Waals surface area (Å²) in [5.41, 5.74) is 4.29. The summed E-state index contributed by atoms with van der Waals surface area (Å²) >= 11 is 1.78. The highest BCUT2D eigenvalue weighted by Gasteiger charge is 2.17. The fourth-order valence-electron chi connectivity index (χ4n) is 0.831. The molecular weight excluding hydrogens is 293 g/mol. The van der Waals surface area contributed by atoms with Gasteiger partial charge in [-0.3, -0.25) is 4.79 Å². The SMILES string of the molecule is NC(=O)c1cnc(I)cc1C(F)F. The second kappa shape index (κ2) is 3.95. The Kier molecular flexibility index (Phi) is 3.12. The topological polar surface area (TPSA) is 56.0 Å². The van der Waals surface area contributed by atoms with Gasteiger partial charge in [0, 0.05) is 11.8 Å². The van der Waals surface area contributed by atoms with Gasteiger partial charge < -0.3 is 5.73 Å². The first kappa shape index (κ1) is 10.3. The highest BCUT2D eigenvalue weighted by atomic mass is 127. The maximum Gasteiger partial charge on any atom is 0.264 e. The van der Waals surface area contributed by atoms with Crippen LogP contribution in [0.3, 0.4) is 0 Å². The molecule has 0 saturated carbocycles. The maximum absolute atomic E-state index is 12.3. The quantitative estimate of drug-likeness (QED) is 0.667. The van der Waals surface area contributed by atoms with Crippen LogP contribution in [0.2, 0.25) is 0 Å². The van der Waals surface area contributed by atoms with Crippen molar-refractivity contribution in [1.29, 1.82) is 0 Å². The molecule has 0 aromatic carbocycles. The fraction of sp³-hybridized carbons (Fsp3) is 0.143. The molecule has 2 N–H and O–H groups in total. The van der Waals surface area contributed by atoms with Gasteiger partial charge in [-0.2, -0.15) is 0 Å². The Morgan fingerprint density at radius 1 is 1.62 bits per heavy atom. The molecule has 0 saturated heterocycles. The Hall–Kier alpha value is -0.790. The highest BCUT2D eigenvalue weighted by Crippen LogP contribution is 2.23. The predicted octanol–water partition coefficient (Wildman–Crippen LogP) is 1.72. The Morgan fingerprint density at radius 2 is 2.23 bits per heavy atom. The molecule has 0 fully saturated rings. The van der Waals surface area contributed by atoms with Crippen LogP contribution < -0.4 is 5.73 Å². The van der Waals surface area contributed by atoms with Crippen LogP contribution >= 0.6 is 22.6 Å². The summed E-state index contributed by atoms with van der Waals surface area (Å²) in [6.45, 7) is 0. The number of hydrogen-bond donors (Lipinski definition) is 1. The van der Waals surface area contributed by atoms with Gasteiger partial charge in [-0.15, -0.1) is 0 Å². The normalized spacial score (nSPS) is 10.5. The van der Waals surface area contributed by atoms with Crippen LogP contribution in [0.25, 0.3) is 0 Å². The zero-order valence-electron chi connectivity index (χ0n) is 6.30. The number of rotatable bonds is 2. The van der Waals surface area contributed by atoms with Gasteiger partial charge in [0.05, 0.1) is 5.56 Å². The van der Waals surface area contributed by atoms with Crippen LogP contribution in [0.1, 0.15) is 22.3 Å². The molecule has 70 valence electrons. The fourth-order valence-corrected chi connectivity index (χ4v) is 1.31. The van der Waals surface area contributed by atoms with Crippen molar-refractivity contribution < 1.29 is 13.6 Å². The van der Waals surface area contributed by atoms with E-state index in [2.05, 4.69) is 4.98 Å². The van der Waals surface area contributed by atoms with Crippen molar-refractivity contribution in [1.82, 2.24) is 4.98 Å². The minimum absolute atomic E-state index is 0.226. The second-order valence-corrected chi connectivity index (χ2v) is 3.36. The molecule has 3 nitrogen and oxygen atoms in total. The molecule has 0 bridgehead atoms. The standard InChI is InChI=1S/C7H5F2IN2O/c8-6(9)3-1-5(10)12-2-4(3)7(11)13/h1-2,6H,(H2,11,13). The number of nitrogens with two attached hydrogens (primary N) is 1. The van der Waals surface area contributed by atoms with Crippen LogP contribution in [0, 0.1) is 3.70 Å². The van der Waals surface area contributed by atoms with E-state index in [-0.39, 0.29) is 11.1 Å². The molecule has 1 aromatic heterocycles. The summed E-state index contributed by atoms with van der Waals surface area (Å²) in [6.07, 6.45) is -1.65. The van der Waals surface area contributed by atoms with Crippen LogP contribution in [0.5, 0.6) is 0 Å². The number of aromatic nitrogens is 1. The van der Waals surface area contributed by atoms with Crippen molar-refractivity contribution >= 4 is 28.5 Å². The van der Waals surface area contributed by atoms with Crippen molar-refractivity contribution in [2.24, 2.45) is 5.73 Å². The molecule has 0 aliphatic carbocycles. The van der Waals surface area contributed by atoms with E-state index in [9.17, 15) is 13.6 Å². The molecule has 0 aliphatic rings. The summed E-state index contributed by atoms with van der Waals surface area (Å²) in [6, 6.07) is 1.14. The molecule has 6 heteroatoms. The van der Waals surface area contributed by atoms with E-state index in [1.807, 2.05) is 0 Å². The molecule has 1 rings (SSSR count). The summed E-state index contributed by atoms with van der Waals surface area (Å²) in [7, 11) is 0. The largest absolute Gasteiger partial charge is 0.366 e. The third-order valence-electron chi connectivity index (χ3n) is 1.40. The summed E-state index contributed by atoms with van der Waals surface area (Å²) in [5.74, 6) is -0.890. The molecule has 0 atom stereocenters. The van der Waals surface area contributed by atoms with Gasteiger partial charge in [0.25, 0.3) is 12.3 Å². The number of hydrogen-bond acceptors (Lipinski definition) is 2. The number of carbonyl (C=O) groups is 1. The Morgan fingerprint density at radius 3 is 2.69 bits per heavy atom. The lowest BCUT2D eigenvalue weighted by molar-refractivity contribution is 0.0985. The summed E-state index contributed by atoms with van der Waals surface area (Å²) in [5, 5.41) is 0. The molecule has 13 heavy (non-hydrogen) atoms.